The highest BCUT2D eigenvalue weighted by atomic mass is 32.5. The zero-order chi connectivity index (χ0) is 23.6. The SMILES string of the molecule is CC.CCC.CCOc1cc(C)nc(N(C)C)n1.OP(O)(O)=S.OP(O)(O)=S. The van der Waals surface area contributed by atoms with Gasteiger partial charge in [0.05, 0.1) is 6.61 Å². The van der Waals surface area contributed by atoms with Crippen LogP contribution in [0.4, 0.5) is 5.95 Å². The van der Waals surface area contributed by atoms with Crippen molar-refractivity contribution in [3.8, 4) is 5.88 Å². The van der Waals surface area contributed by atoms with E-state index in [1.165, 1.54) is 6.42 Å². The summed E-state index contributed by atoms with van der Waals surface area (Å²) in [4.78, 5) is 55.7. The van der Waals surface area contributed by atoms with Crippen LogP contribution >= 0.6 is 13.4 Å². The molecule has 0 radical (unpaired) electrons. The molecule has 0 aliphatic carbocycles. The number of nitrogens with zero attached hydrogens (tertiary/aromatic N) is 3. The molecule has 0 unspecified atom stereocenters. The highest BCUT2D eigenvalue weighted by Crippen LogP contribution is 2.27. The molecule has 0 amide bonds. The second-order valence-electron chi connectivity index (χ2n) is 4.71. The van der Waals surface area contributed by atoms with Crippen molar-refractivity contribution in [3.05, 3.63) is 11.8 Å². The predicted octanol–water partition coefficient (Wildman–Crippen LogP) is 2.07. The minimum absolute atomic E-state index is 0.628. The van der Waals surface area contributed by atoms with Gasteiger partial charge in [0.2, 0.25) is 11.8 Å². The van der Waals surface area contributed by atoms with Crippen molar-refractivity contribution in [1.82, 2.24) is 9.97 Å². The first-order chi connectivity index (χ1) is 12.5. The third-order valence-electron chi connectivity index (χ3n) is 1.51. The third-order valence-corrected chi connectivity index (χ3v) is 1.51. The molecule has 14 heteroatoms. The lowest BCUT2D eigenvalue weighted by Crippen LogP contribution is -2.13. The van der Waals surface area contributed by atoms with Gasteiger partial charge < -0.3 is 39.0 Å². The second-order valence-corrected chi connectivity index (χ2v) is 9.70. The van der Waals surface area contributed by atoms with Crippen LogP contribution in [0.5, 0.6) is 5.88 Å². The maximum atomic E-state index is 7.56. The van der Waals surface area contributed by atoms with Crippen LogP contribution in [0, 0.1) is 6.92 Å². The Morgan fingerprint density at radius 3 is 1.50 bits per heavy atom. The van der Waals surface area contributed by atoms with E-state index in [1.54, 1.807) is 0 Å². The molecule has 0 aliphatic rings. The Morgan fingerprint density at radius 1 is 0.929 bits per heavy atom. The molecule has 1 heterocycles. The normalized spacial score (nSPS) is 9.64. The van der Waals surface area contributed by atoms with Gasteiger partial charge in [0, 0.05) is 25.9 Å². The summed E-state index contributed by atoms with van der Waals surface area (Å²) in [5, 5.41) is 0. The van der Waals surface area contributed by atoms with Crippen LogP contribution in [-0.2, 0) is 23.6 Å². The molecule has 28 heavy (non-hydrogen) atoms. The van der Waals surface area contributed by atoms with Gasteiger partial charge in [-0.2, -0.15) is 4.98 Å². The topological polar surface area (TPSA) is 160 Å². The molecule has 0 bridgehead atoms. The standard InChI is InChI=1S/C9H15N3O.C3H8.C2H6.2H3O3PS/c1-5-13-8-6-7(2)10-9(11-8)12(3)4;1-3-2;1-2;2*1-4(2,3)5/h6H,5H2,1-4H3;3H2,1-2H3;1-2H3;2*(H3,1,2,3,5). The average Bonchev–Trinajstić information content (AvgIpc) is 2.46. The van der Waals surface area contributed by atoms with Gasteiger partial charge in [-0.3, -0.25) is 0 Å². The van der Waals surface area contributed by atoms with E-state index in [0.29, 0.717) is 18.4 Å². The van der Waals surface area contributed by atoms with E-state index in [1.807, 2.05) is 52.8 Å². The van der Waals surface area contributed by atoms with Crippen molar-refractivity contribution in [2.24, 2.45) is 0 Å². The fourth-order valence-corrected chi connectivity index (χ4v) is 0.946. The molecule has 1 aromatic heterocycles. The zero-order valence-corrected chi connectivity index (χ0v) is 21.1. The van der Waals surface area contributed by atoms with Crippen molar-refractivity contribution in [1.29, 1.82) is 0 Å². The lowest BCUT2D eigenvalue weighted by molar-refractivity contribution is 0.326. The maximum absolute atomic E-state index is 7.56. The average molecular weight is 484 g/mol. The number of aromatic nitrogens is 2. The second kappa shape index (κ2) is 20.0. The Balaban J connectivity index is -0.000000160. The molecule has 0 aromatic carbocycles. The molecule has 0 saturated heterocycles. The first-order valence-electron chi connectivity index (χ1n) is 8.27. The lowest BCUT2D eigenvalue weighted by atomic mass is 10.4. The smallest absolute Gasteiger partial charge is 0.319 e. The summed E-state index contributed by atoms with van der Waals surface area (Å²) in [6.45, 7) is 5.13. The summed E-state index contributed by atoms with van der Waals surface area (Å²) in [6, 6.07) is 1.83. The largest absolute Gasteiger partial charge is 0.478 e. The van der Waals surface area contributed by atoms with E-state index >= 15 is 0 Å². The van der Waals surface area contributed by atoms with Crippen LogP contribution in [0.25, 0.3) is 0 Å². The summed E-state index contributed by atoms with van der Waals surface area (Å²) in [5.41, 5.74) is 0.919. The lowest BCUT2D eigenvalue weighted by Gasteiger charge is -2.11. The molecule has 0 saturated carbocycles. The number of aryl methyl sites for hydroxylation is 1. The molecule has 1 aromatic rings. The van der Waals surface area contributed by atoms with Gasteiger partial charge in [0.15, 0.2) is 0 Å². The van der Waals surface area contributed by atoms with Crippen molar-refractivity contribution in [3.63, 3.8) is 0 Å². The summed E-state index contributed by atoms with van der Waals surface area (Å²) in [5.74, 6) is 1.32. The third kappa shape index (κ3) is 44.9. The summed E-state index contributed by atoms with van der Waals surface area (Å²) < 4.78 is 5.30. The Kier molecular flexibility index (Phi) is 25.2. The molecule has 10 nitrogen and oxygen atoms in total. The fourth-order valence-electron chi connectivity index (χ4n) is 0.946. The molecule has 0 fully saturated rings. The van der Waals surface area contributed by atoms with Gasteiger partial charge in [0.25, 0.3) is 0 Å². The number of ether oxygens (including phenoxy) is 1. The number of hydrogen-bond donors (Lipinski definition) is 6. The molecule has 0 atom stereocenters. The predicted molar refractivity (Wildman–Crippen MR) is 121 cm³/mol. The van der Waals surface area contributed by atoms with Crippen molar-refractivity contribution < 1.29 is 34.1 Å². The Morgan fingerprint density at radius 2 is 1.25 bits per heavy atom. The van der Waals surface area contributed by atoms with Gasteiger partial charge in [-0.25, -0.2) is 4.98 Å². The quantitative estimate of drug-likeness (QED) is 0.348. The molecular weight excluding hydrogens is 448 g/mol. The van der Waals surface area contributed by atoms with Crippen molar-refractivity contribution in [2.45, 2.75) is 48.0 Å². The Hall–Kier alpha value is -0.260. The first kappa shape index (κ1) is 35.2. The van der Waals surface area contributed by atoms with E-state index in [0.717, 1.165) is 5.69 Å². The van der Waals surface area contributed by atoms with E-state index in [-0.39, 0.29) is 0 Å². The highest BCUT2D eigenvalue weighted by molar-refractivity contribution is 8.06. The van der Waals surface area contributed by atoms with Gasteiger partial charge in [0.1, 0.15) is 0 Å². The van der Waals surface area contributed by atoms with Crippen LogP contribution in [0.2, 0.25) is 0 Å². The van der Waals surface area contributed by atoms with Crippen LogP contribution in [0.15, 0.2) is 6.07 Å². The van der Waals surface area contributed by atoms with Crippen LogP contribution in [0.1, 0.15) is 46.7 Å². The number of hydrogen-bond acceptors (Lipinski definition) is 6. The maximum Gasteiger partial charge on any atom is 0.319 e. The van der Waals surface area contributed by atoms with Crippen molar-refractivity contribution in [2.75, 3.05) is 25.6 Å². The molecular formula is C14H35N3O7P2S2. The molecule has 6 N–H and O–H groups in total. The zero-order valence-electron chi connectivity index (χ0n) is 17.6. The summed E-state index contributed by atoms with van der Waals surface area (Å²) in [6.07, 6.45) is 1.25. The van der Waals surface area contributed by atoms with Crippen LogP contribution in [-0.4, -0.2) is 60.0 Å². The van der Waals surface area contributed by atoms with E-state index in [2.05, 4.69) is 47.4 Å². The molecule has 170 valence electrons. The summed E-state index contributed by atoms with van der Waals surface area (Å²) in [7, 11) is 3.81. The van der Waals surface area contributed by atoms with Crippen molar-refractivity contribution >= 4 is 43.0 Å². The van der Waals surface area contributed by atoms with E-state index in [9.17, 15) is 0 Å². The van der Waals surface area contributed by atoms with Gasteiger partial charge in [-0.05, 0) is 37.5 Å². The highest BCUT2D eigenvalue weighted by Gasteiger charge is 2.03. The molecule has 0 spiro atoms. The van der Waals surface area contributed by atoms with Gasteiger partial charge in [-0.1, -0.05) is 34.1 Å². The fraction of sp³-hybridized carbons (Fsp3) is 0.714. The van der Waals surface area contributed by atoms with E-state index in [4.69, 9.17) is 34.1 Å². The number of rotatable bonds is 3. The van der Waals surface area contributed by atoms with E-state index < -0.39 is 13.4 Å². The Bertz CT molecular complexity index is 548. The van der Waals surface area contributed by atoms with Gasteiger partial charge >= 0.3 is 13.4 Å². The van der Waals surface area contributed by atoms with Crippen LogP contribution in [0.3, 0.4) is 0 Å². The summed E-state index contributed by atoms with van der Waals surface area (Å²) >= 11 is 7.21. The number of anilines is 1. The minimum Gasteiger partial charge on any atom is -0.478 e. The Labute approximate surface area is 178 Å². The first-order valence-corrected chi connectivity index (χ1v) is 13.6. The monoisotopic (exact) mass is 483 g/mol. The van der Waals surface area contributed by atoms with Gasteiger partial charge in [-0.15, -0.1) is 0 Å². The molecule has 0 aliphatic heterocycles. The van der Waals surface area contributed by atoms with Crippen LogP contribution < -0.4 is 9.64 Å². The minimum atomic E-state index is -3.81. The molecule has 1 rings (SSSR count).